The lowest BCUT2D eigenvalue weighted by atomic mass is 10.1. The molecule has 0 saturated carbocycles. The first-order valence-electron chi connectivity index (χ1n) is 6.78. The summed E-state index contributed by atoms with van der Waals surface area (Å²) in [4.78, 5) is 15.8. The lowest BCUT2D eigenvalue weighted by Crippen LogP contribution is -2.22. The number of fused-ring (bicyclic) bond motifs is 1. The van der Waals surface area contributed by atoms with Crippen LogP contribution in [0, 0.1) is 6.92 Å². The van der Waals surface area contributed by atoms with E-state index >= 15 is 0 Å². The molecule has 2 heterocycles. The number of benzene rings is 1. The van der Waals surface area contributed by atoms with Gasteiger partial charge in [-0.1, -0.05) is 41.6 Å². The Morgan fingerprint density at radius 3 is 2.62 bits per heavy atom. The number of imidazole rings is 1. The average molecular weight is 299 g/mol. The van der Waals surface area contributed by atoms with E-state index in [0.29, 0.717) is 5.65 Å². The van der Waals surface area contributed by atoms with Crippen LogP contribution in [-0.4, -0.2) is 26.0 Å². The van der Waals surface area contributed by atoms with E-state index in [1.807, 2.05) is 6.92 Å². The quantitative estimate of drug-likeness (QED) is 0.572. The van der Waals surface area contributed by atoms with Crippen molar-refractivity contribution in [2.24, 2.45) is 5.73 Å². The molecule has 0 amide bonds. The maximum Gasteiger partial charge on any atom is 0.181 e. The molecule has 108 valence electrons. The second-order valence-electron chi connectivity index (χ2n) is 5.09. The Kier molecular flexibility index (Phi) is 3.90. The Morgan fingerprint density at radius 1 is 1.14 bits per heavy atom. The molecule has 0 aliphatic heterocycles. The van der Waals surface area contributed by atoms with E-state index in [1.165, 1.54) is 11.1 Å². The number of rotatable bonds is 4. The van der Waals surface area contributed by atoms with Crippen LogP contribution in [0.4, 0.5) is 0 Å². The Hall–Kier alpha value is -1.92. The standard InChI is InChI=1S/C15H17N5S/c1-9-3-5-11(6-4-9)13(10(2)16)21-15-12-14(18-7-17-12)19-8-20-15/h3-8,10,13H,16H2,1-2H3,(H,17,18,19,20). The Balaban J connectivity index is 1.95. The first-order valence-corrected chi connectivity index (χ1v) is 7.66. The lowest BCUT2D eigenvalue weighted by molar-refractivity contribution is 0.720. The number of nitrogens with one attached hydrogen (secondary N) is 1. The predicted molar refractivity (Wildman–Crippen MR) is 85.1 cm³/mol. The summed E-state index contributed by atoms with van der Waals surface area (Å²) in [7, 11) is 0. The zero-order valence-corrected chi connectivity index (χ0v) is 12.8. The van der Waals surface area contributed by atoms with Crippen molar-refractivity contribution in [1.29, 1.82) is 0 Å². The number of H-pyrrole nitrogens is 1. The van der Waals surface area contributed by atoms with Gasteiger partial charge in [0, 0.05) is 6.04 Å². The zero-order chi connectivity index (χ0) is 14.8. The van der Waals surface area contributed by atoms with Gasteiger partial charge in [-0.15, -0.1) is 0 Å². The van der Waals surface area contributed by atoms with Gasteiger partial charge < -0.3 is 10.7 Å². The van der Waals surface area contributed by atoms with E-state index < -0.39 is 0 Å². The van der Waals surface area contributed by atoms with Crippen molar-refractivity contribution in [1.82, 2.24) is 19.9 Å². The number of aryl methyl sites for hydroxylation is 1. The molecular weight excluding hydrogens is 282 g/mol. The Labute approximate surface area is 127 Å². The van der Waals surface area contributed by atoms with E-state index in [0.717, 1.165) is 10.5 Å². The molecule has 3 aromatic rings. The fraction of sp³-hybridized carbons (Fsp3) is 0.267. The van der Waals surface area contributed by atoms with Crippen LogP contribution < -0.4 is 5.73 Å². The SMILES string of the molecule is Cc1ccc(C(Sc2ncnc3nc[nH]c23)C(C)N)cc1. The zero-order valence-electron chi connectivity index (χ0n) is 11.9. The molecular formula is C15H17N5S. The summed E-state index contributed by atoms with van der Waals surface area (Å²) in [5.74, 6) is 0. The van der Waals surface area contributed by atoms with Crippen molar-refractivity contribution in [2.75, 3.05) is 0 Å². The third kappa shape index (κ3) is 2.91. The summed E-state index contributed by atoms with van der Waals surface area (Å²) >= 11 is 1.64. The molecule has 0 aliphatic carbocycles. The minimum atomic E-state index is 0.00522. The van der Waals surface area contributed by atoms with Gasteiger partial charge in [0.15, 0.2) is 5.65 Å². The highest BCUT2D eigenvalue weighted by molar-refractivity contribution is 7.99. The van der Waals surface area contributed by atoms with E-state index in [-0.39, 0.29) is 11.3 Å². The molecule has 0 radical (unpaired) electrons. The maximum absolute atomic E-state index is 6.18. The van der Waals surface area contributed by atoms with Gasteiger partial charge in [-0.25, -0.2) is 15.0 Å². The highest BCUT2D eigenvalue weighted by atomic mass is 32.2. The molecule has 21 heavy (non-hydrogen) atoms. The minimum Gasteiger partial charge on any atom is -0.341 e. The Bertz CT molecular complexity index is 735. The molecule has 3 N–H and O–H groups in total. The minimum absolute atomic E-state index is 0.00522. The molecule has 2 unspecified atom stereocenters. The molecule has 0 fully saturated rings. The summed E-state index contributed by atoms with van der Waals surface area (Å²) in [5, 5.41) is 1.01. The van der Waals surface area contributed by atoms with Gasteiger partial charge >= 0.3 is 0 Å². The number of nitrogens with zero attached hydrogens (tertiary/aromatic N) is 3. The van der Waals surface area contributed by atoms with Gasteiger partial charge in [0.2, 0.25) is 0 Å². The summed E-state index contributed by atoms with van der Waals surface area (Å²) in [6.07, 6.45) is 3.18. The van der Waals surface area contributed by atoms with Crippen molar-refractivity contribution < 1.29 is 0 Å². The van der Waals surface area contributed by atoms with Gasteiger partial charge in [-0.3, -0.25) is 0 Å². The first kappa shape index (κ1) is 14.0. The van der Waals surface area contributed by atoms with Crippen molar-refractivity contribution >= 4 is 22.9 Å². The van der Waals surface area contributed by atoms with Crippen molar-refractivity contribution in [2.45, 2.75) is 30.2 Å². The molecule has 6 heteroatoms. The van der Waals surface area contributed by atoms with Gasteiger partial charge in [-0.05, 0) is 19.4 Å². The number of hydrogen-bond acceptors (Lipinski definition) is 5. The highest BCUT2D eigenvalue weighted by Crippen LogP contribution is 2.38. The lowest BCUT2D eigenvalue weighted by Gasteiger charge is -2.20. The molecule has 3 rings (SSSR count). The van der Waals surface area contributed by atoms with Gasteiger partial charge in [0.25, 0.3) is 0 Å². The average Bonchev–Trinajstić information content (AvgIpc) is 2.95. The molecule has 2 aromatic heterocycles. The predicted octanol–water partition coefficient (Wildman–Crippen LogP) is 2.84. The van der Waals surface area contributed by atoms with Crippen LogP contribution in [0.1, 0.15) is 23.3 Å². The first-order chi connectivity index (χ1) is 10.1. The van der Waals surface area contributed by atoms with Crippen LogP contribution in [0.15, 0.2) is 41.9 Å². The topological polar surface area (TPSA) is 80.5 Å². The monoisotopic (exact) mass is 299 g/mol. The number of hydrogen-bond donors (Lipinski definition) is 2. The maximum atomic E-state index is 6.18. The van der Waals surface area contributed by atoms with Crippen LogP contribution in [0.5, 0.6) is 0 Å². The van der Waals surface area contributed by atoms with Crippen LogP contribution in [0.2, 0.25) is 0 Å². The summed E-state index contributed by atoms with van der Waals surface area (Å²) in [5.41, 5.74) is 10.2. The van der Waals surface area contributed by atoms with Gasteiger partial charge in [0.1, 0.15) is 16.9 Å². The van der Waals surface area contributed by atoms with Crippen molar-refractivity contribution in [3.63, 3.8) is 0 Å². The summed E-state index contributed by atoms with van der Waals surface area (Å²) in [6.45, 7) is 4.10. The number of aromatic nitrogens is 4. The normalized spacial score (nSPS) is 14.2. The van der Waals surface area contributed by atoms with Crippen LogP contribution in [0.3, 0.4) is 0 Å². The number of thioether (sulfide) groups is 1. The molecule has 0 bridgehead atoms. The second-order valence-corrected chi connectivity index (χ2v) is 6.22. The van der Waals surface area contributed by atoms with Gasteiger partial charge in [0.05, 0.1) is 11.6 Å². The summed E-state index contributed by atoms with van der Waals surface area (Å²) < 4.78 is 0. The van der Waals surface area contributed by atoms with Crippen molar-refractivity contribution in [3.05, 3.63) is 48.0 Å². The number of nitrogens with two attached hydrogens (primary N) is 1. The smallest absolute Gasteiger partial charge is 0.181 e. The van der Waals surface area contributed by atoms with Crippen LogP contribution >= 0.6 is 11.8 Å². The van der Waals surface area contributed by atoms with Crippen molar-refractivity contribution in [3.8, 4) is 0 Å². The molecule has 2 atom stereocenters. The van der Waals surface area contributed by atoms with Crippen LogP contribution in [0.25, 0.3) is 11.2 Å². The third-order valence-electron chi connectivity index (χ3n) is 3.31. The fourth-order valence-corrected chi connectivity index (χ4v) is 3.31. The molecule has 0 saturated heterocycles. The molecule has 0 spiro atoms. The van der Waals surface area contributed by atoms with E-state index in [2.05, 4.69) is 51.1 Å². The molecule has 5 nitrogen and oxygen atoms in total. The second kappa shape index (κ2) is 5.83. The van der Waals surface area contributed by atoms with E-state index in [1.54, 1.807) is 24.4 Å². The number of aromatic amines is 1. The molecule has 0 aliphatic rings. The fourth-order valence-electron chi connectivity index (χ4n) is 2.19. The highest BCUT2D eigenvalue weighted by Gasteiger charge is 2.20. The van der Waals surface area contributed by atoms with Gasteiger partial charge in [-0.2, -0.15) is 0 Å². The third-order valence-corrected chi connectivity index (χ3v) is 4.80. The van der Waals surface area contributed by atoms with E-state index in [4.69, 9.17) is 5.73 Å². The molecule has 1 aromatic carbocycles. The van der Waals surface area contributed by atoms with E-state index in [9.17, 15) is 0 Å². The van der Waals surface area contributed by atoms with Crippen LogP contribution in [-0.2, 0) is 0 Å². The summed E-state index contributed by atoms with van der Waals surface area (Å²) in [6, 6.07) is 8.47. The largest absolute Gasteiger partial charge is 0.341 e. The Morgan fingerprint density at radius 2 is 1.90 bits per heavy atom.